The standard InChI is InChI=1S/C20H11N3O4/c24-19-13(9-11-5-1-3-7-15(11)26-19)17-18(22-23-21-17)14-10-12-6-2-4-8-16(12)27-20(14)25/h1-10H,(H,21,22,23). The smallest absolute Gasteiger partial charge is 0.345 e. The van der Waals surface area contributed by atoms with Crippen LogP contribution in [-0.4, -0.2) is 15.4 Å². The molecule has 0 aliphatic heterocycles. The Hall–Kier alpha value is -4.00. The second kappa shape index (κ2) is 5.77. The van der Waals surface area contributed by atoms with Crippen LogP contribution >= 0.6 is 0 Å². The number of aromatic nitrogens is 3. The molecule has 0 spiro atoms. The van der Waals surface area contributed by atoms with E-state index in [0.717, 1.165) is 10.8 Å². The lowest BCUT2D eigenvalue weighted by atomic mass is 10.1. The summed E-state index contributed by atoms with van der Waals surface area (Å²) in [5.74, 6) is 0. The summed E-state index contributed by atoms with van der Waals surface area (Å²) >= 11 is 0. The number of para-hydroxylation sites is 2. The topological polar surface area (TPSA) is 102 Å². The van der Waals surface area contributed by atoms with Gasteiger partial charge in [0.25, 0.3) is 0 Å². The molecular formula is C20H11N3O4. The molecule has 0 amide bonds. The maximum Gasteiger partial charge on any atom is 0.345 e. The van der Waals surface area contributed by atoms with Crippen molar-refractivity contribution in [3.8, 4) is 22.5 Å². The predicted octanol–water partition coefficient (Wildman–Crippen LogP) is 3.35. The molecule has 3 heterocycles. The Labute approximate surface area is 150 Å². The lowest BCUT2D eigenvalue weighted by molar-refractivity contribution is 0.562. The molecule has 0 saturated carbocycles. The summed E-state index contributed by atoms with van der Waals surface area (Å²) in [6.07, 6.45) is 0. The highest BCUT2D eigenvalue weighted by atomic mass is 16.4. The first-order valence-electron chi connectivity index (χ1n) is 8.18. The van der Waals surface area contributed by atoms with Crippen molar-refractivity contribution in [3.05, 3.63) is 81.5 Å². The summed E-state index contributed by atoms with van der Waals surface area (Å²) in [7, 11) is 0. The van der Waals surface area contributed by atoms with Crippen molar-refractivity contribution in [1.29, 1.82) is 0 Å². The first-order chi connectivity index (χ1) is 13.2. The predicted molar refractivity (Wildman–Crippen MR) is 99.3 cm³/mol. The van der Waals surface area contributed by atoms with Gasteiger partial charge in [-0.2, -0.15) is 15.4 Å². The maximum atomic E-state index is 12.5. The van der Waals surface area contributed by atoms with Crippen LogP contribution in [0.15, 0.2) is 79.1 Å². The second-order valence-electron chi connectivity index (χ2n) is 5.99. The number of hydrogen-bond donors (Lipinski definition) is 1. The fraction of sp³-hybridized carbons (Fsp3) is 0. The van der Waals surface area contributed by atoms with Crippen LogP contribution in [0.3, 0.4) is 0 Å². The molecule has 27 heavy (non-hydrogen) atoms. The number of hydrogen-bond acceptors (Lipinski definition) is 6. The van der Waals surface area contributed by atoms with Crippen LogP contribution in [0.2, 0.25) is 0 Å². The zero-order chi connectivity index (χ0) is 18.4. The minimum atomic E-state index is -0.561. The molecule has 0 aliphatic carbocycles. The van der Waals surface area contributed by atoms with Crippen LogP contribution in [0.4, 0.5) is 0 Å². The number of fused-ring (bicyclic) bond motifs is 2. The zero-order valence-corrected chi connectivity index (χ0v) is 13.8. The Bertz CT molecular complexity index is 1320. The first kappa shape index (κ1) is 15.3. The molecule has 5 aromatic rings. The van der Waals surface area contributed by atoms with Crippen molar-refractivity contribution in [2.75, 3.05) is 0 Å². The monoisotopic (exact) mass is 357 g/mol. The second-order valence-corrected chi connectivity index (χ2v) is 5.99. The number of benzene rings is 2. The van der Waals surface area contributed by atoms with Gasteiger partial charge in [-0.05, 0) is 24.3 Å². The molecule has 0 radical (unpaired) electrons. The highest BCUT2D eigenvalue weighted by Crippen LogP contribution is 2.28. The fourth-order valence-electron chi connectivity index (χ4n) is 3.06. The normalized spacial score (nSPS) is 11.3. The first-order valence-corrected chi connectivity index (χ1v) is 8.18. The van der Waals surface area contributed by atoms with Crippen molar-refractivity contribution in [1.82, 2.24) is 15.4 Å². The van der Waals surface area contributed by atoms with Gasteiger partial charge in [0.15, 0.2) is 0 Å². The van der Waals surface area contributed by atoms with Gasteiger partial charge in [-0.3, -0.25) is 0 Å². The SMILES string of the molecule is O=c1oc2ccccc2cc1-c1n[nH]nc1-c1cc2ccccc2oc1=O. The van der Waals surface area contributed by atoms with Gasteiger partial charge >= 0.3 is 11.3 Å². The van der Waals surface area contributed by atoms with Gasteiger partial charge < -0.3 is 8.83 Å². The molecule has 3 aromatic heterocycles. The number of H-pyrrole nitrogens is 1. The van der Waals surface area contributed by atoms with Gasteiger partial charge in [0, 0.05) is 10.8 Å². The van der Waals surface area contributed by atoms with E-state index in [1.165, 1.54) is 0 Å². The lowest BCUT2D eigenvalue weighted by Gasteiger charge is -2.03. The molecule has 7 nitrogen and oxygen atoms in total. The van der Waals surface area contributed by atoms with E-state index in [2.05, 4.69) is 15.4 Å². The third-order valence-electron chi connectivity index (χ3n) is 4.34. The minimum Gasteiger partial charge on any atom is -0.422 e. The Morgan fingerprint density at radius 3 is 1.59 bits per heavy atom. The number of aromatic amines is 1. The minimum absolute atomic E-state index is 0.213. The van der Waals surface area contributed by atoms with E-state index in [4.69, 9.17) is 8.83 Å². The molecule has 5 rings (SSSR count). The molecule has 7 heteroatoms. The molecule has 1 N–H and O–H groups in total. The Balaban J connectivity index is 1.76. The third-order valence-corrected chi connectivity index (χ3v) is 4.34. The maximum absolute atomic E-state index is 12.5. The van der Waals surface area contributed by atoms with Crippen LogP contribution in [0.1, 0.15) is 0 Å². The van der Waals surface area contributed by atoms with E-state index < -0.39 is 11.3 Å². The molecule has 130 valence electrons. The van der Waals surface area contributed by atoms with Crippen LogP contribution in [-0.2, 0) is 0 Å². The Morgan fingerprint density at radius 2 is 1.11 bits per heavy atom. The van der Waals surface area contributed by atoms with Gasteiger partial charge in [0.1, 0.15) is 22.6 Å². The zero-order valence-electron chi connectivity index (χ0n) is 13.8. The highest BCUT2D eigenvalue weighted by Gasteiger charge is 2.20. The fourth-order valence-corrected chi connectivity index (χ4v) is 3.06. The number of nitrogens with zero attached hydrogens (tertiary/aromatic N) is 2. The molecule has 0 saturated heterocycles. The van der Waals surface area contributed by atoms with Gasteiger partial charge in [-0.15, -0.1) is 0 Å². The van der Waals surface area contributed by atoms with Crippen LogP contribution < -0.4 is 11.3 Å². The van der Waals surface area contributed by atoms with Gasteiger partial charge in [0.2, 0.25) is 0 Å². The molecule has 0 fully saturated rings. The summed E-state index contributed by atoms with van der Waals surface area (Å²) in [5.41, 5.74) is 0.718. The molecule has 0 aliphatic rings. The quantitative estimate of drug-likeness (QED) is 0.486. The Morgan fingerprint density at radius 1 is 0.667 bits per heavy atom. The van der Waals surface area contributed by atoms with Gasteiger partial charge in [-0.1, -0.05) is 36.4 Å². The van der Waals surface area contributed by atoms with Crippen LogP contribution in [0.5, 0.6) is 0 Å². The van der Waals surface area contributed by atoms with Crippen LogP contribution in [0, 0.1) is 0 Å². The molecule has 2 aromatic carbocycles. The van der Waals surface area contributed by atoms with E-state index >= 15 is 0 Å². The average molecular weight is 357 g/mol. The molecular weight excluding hydrogens is 346 g/mol. The van der Waals surface area contributed by atoms with Gasteiger partial charge in [-0.25, -0.2) is 9.59 Å². The summed E-state index contributed by atoms with van der Waals surface area (Å²) in [4.78, 5) is 24.9. The summed E-state index contributed by atoms with van der Waals surface area (Å²) in [6.45, 7) is 0. The largest absolute Gasteiger partial charge is 0.422 e. The highest BCUT2D eigenvalue weighted by molar-refractivity contribution is 5.87. The summed E-state index contributed by atoms with van der Waals surface area (Å²) in [6, 6.07) is 17.7. The van der Waals surface area contributed by atoms with E-state index in [9.17, 15) is 9.59 Å². The van der Waals surface area contributed by atoms with E-state index in [1.54, 1.807) is 36.4 Å². The van der Waals surface area contributed by atoms with E-state index in [1.807, 2.05) is 24.3 Å². The third kappa shape index (κ3) is 2.44. The average Bonchev–Trinajstić information content (AvgIpc) is 3.16. The van der Waals surface area contributed by atoms with Crippen molar-refractivity contribution in [2.24, 2.45) is 0 Å². The van der Waals surface area contributed by atoms with Crippen LogP contribution in [0.25, 0.3) is 44.5 Å². The van der Waals surface area contributed by atoms with E-state index in [-0.39, 0.29) is 22.5 Å². The van der Waals surface area contributed by atoms with Crippen molar-refractivity contribution < 1.29 is 8.83 Å². The van der Waals surface area contributed by atoms with Crippen molar-refractivity contribution in [3.63, 3.8) is 0 Å². The Kier molecular flexibility index (Phi) is 3.26. The summed E-state index contributed by atoms with van der Waals surface area (Å²) < 4.78 is 10.7. The molecule has 0 unspecified atom stereocenters. The number of rotatable bonds is 2. The summed E-state index contributed by atoms with van der Waals surface area (Å²) in [5, 5.41) is 12.1. The van der Waals surface area contributed by atoms with E-state index in [0.29, 0.717) is 11.2 Å². The molecule has 0 atom stereocenters. The lowest BCUT2D eigenvalue weighted by Crippen LogP contribution is -2.07. The van der Waals surface area contributed by atoms with Crippen molar-refractivity contribution >= 4 is 21.9 Å². The van der Waals surface area contributed by atoms with Crippen molar-refractivity contribution in [2.45, 2.75) is 0 Å². The molecule has 0 bridgehead atoms. The van der Waals surface area contributed by atoms with Gasteiger partial charge in [0.05, 0.1) is 11.1 Å². The number of nitrogens with one attached hydrogen (secondary N) is 1.